The molecule has 1 aliphatic heterocycles. The van der Waals surface area contributed by atoms with Gasteiger partial charge in [0.15, 0.2) is 0 Å². The molecule has 8 heteroatoms. The third kappa shape index (κ3) is 5.05. The van der Waals surface area contributed by atoms with E-state index in [1.165, 1.54) is 11.3 Å². The Morgan fingerprint density at radius 2 is 1.91 bits per heavy atom. The Morgan fingerprint density at radius 1 is 1.12 bits per heavy atom. The predicted molar refractivity (Wildman–Crippen MR) is 134 cm³/mol. The molecular formula is C25H26ClN3O3S. The molecule has 0 atom stereocenters. The topological polar surface area (TPSA) is 61.9 Å². The summed E-state index contributed by atoms with van der Waals surface area (Å²) in [6, 6.07) is 14.7. The zero-order valence-corrected chi connectivity index (χ0v) is 20.4. The Bertz CT molecular complexity index is 1190. The van der Waals surface area contributed by atoms with E-state index in [1.54, 1.807) is 30.1 Å². The van der Waals surface area contributed by atoms with Crippen molar-refractivity contribution in [1.29, 1.82) is 0 Å². The molecule has 0 fully saturated rings. The van der Waals surface area contributed by atoms with Crippen molar-refractivity contribution in [1.82, 2.24) is 10.2 Å². The summed E-state index contributed by atoms with van der Waals surface area (Å²) >= 11 is 7.72. The number of nitrogens with one attached hydrogen (secondary N) is 1. The molecule has 0 saturated heterocycles. The molecule has 2 aromatic carbocycles. The minimum Gasteiger partial charge on any atom is -0.493 e. The number of hydrogen-bond donors (Lipinski definition) is 1. The van der Waals surface area contributed by atoms with E-state index in [-0.39, 0.29) is 11.8 Å². The van der Waals surface area contributed by atoms with Gasteiger partial charge >= 0.3 is 0 Å². The Kier molecular flexibility index (Phi) is 7.02. The number of ether oxygens (including phenoxy) is 1. The molecule has 0 spiro atoms. The number of hydrogen-bond acceptors (Lipinski definition) is 5. The van der Waals surface area contributed by atoms with E-state index in [0.29, 0.717) is 46.5 Å². The average Bonchev–Trinajstić information content (AvgIpc) is 3.14. The molecule has 2 amide bonds. The maximum Gasteiger partial charge on any atom is 0.268 e. The number of likely N-dealkylation sites (N-methyl/N-ethyl adjacent to an activating group) is 1. The molecule has 2 heterocycles. The van der Waals surface area contributed by atoms with Crippen molar-refractivity contribution in [3.8, 4) is 16.2 Å². The highest BCUT2D eigenvalue weighted by Gasteiger charge is 2.24. The zero-order valence-electron chi connectivity index (χ0n) is 18.9. The second-order valence-electron chi connectivity index (χ2n) is 8.15. The zero-order chi connectivity index (χ0) is 23.5. The van der Waals surface area contributed by atoms with E-state index in [4.69, 9.17) is 16.3 Å². The van der Waals surface area contributed by atoms with Crippen LogP contribution in [0, 0.1) is 0 Å². The predicted octanol–water partition coefficient (Wildman–Crippen LogP) is 4.57. The van der Waals surface area contributed by atoms with Crippen LogP contribution < -0.4 is 15.0 Å². The summed E-state index contributed by atoms with van der Waals surface area (Å²) < 4.78 is 5.96. The normalized spacial score (nSPS) is 12.4. The molecule has 6 nitrogen and oxygen atoms in total. The van der Waals surface area contributed by atoms with Crippen molar-refractivity contribution in [2.24, 2.45) is 0 Å². The molecule has 4 rings (SSSR count). The minimum atomic E-state index is -0.129. The van der Waals surface area contributed by atoms with Crippen LogP contribution in [0.5, 0.6) is 5.75 Å². The minimum absolute atomic E-state index is 0.111. The van der Waals surface area contributed by atoms with Gasteiger partial charge in [-0.25, -0.2) is 0 Å². The number of rotatable bonds is 6. The van der Waals surface area contributed by atoms with Crippen molar-refractivity contribution in [2.45, 2.75) is 6.42 Å². The Labute approximate surface area is 202 Å². The summed E-state index contributed by atoms with van der Waals surface area (Å²) in [5, 5.41) is 3.46. The van der Waals surface area contributed by atoms with E-state index in [0.717, 1.165) is 22.5 Å². The number of anilines is 1. The molecule has 1 aliphatic rings. The number of thiophene rings is 1. The number of benzene rings is 2. The highest BCUT2D eigenvalue weighted by atomic mass is 35.5. The molecular weight excluding hydrogens is 458 g/mol. The fourth-order valence-electron chi connectivity index (χ4n) is 3.68. The number of nitrogens with zero attached hydrogens (tertiary/aromatic N) is 2. The van der Waals surface area contributed by atoms with Gasteiger partial charge in [0.25, 0.3) is 11.8 Å². The summed E-state index contributed by atoms with van der Waals surface area (Å²) in [5.41, 5.74) is 3.19. The SMILES string of the molecule is CN(C)CCNC(=O)c1ccc2c(c1)OCCc1cc(C(=O)N(C)c3ccccc3Cl)sc1-2. The van der Waals surface area contributed by atoms with Crippen LogP contribution in [0.4, 0.5) is 5.69 Å². The van der Waals surface area contributed by atoms with Crippen molar-refractivity contribution >= 4 is 40.4 Å². The lowest BCUT2D eigenvalue weighted by Gasteiger charge is -2.17. The fraction of sp³-hybridized carbons (Fsp3) is 0.280. The van der Waals surface area contributed by atoms with Crippen molar-refractivity contribution in [3.63, 3.8) is 0 Å². The lowest BCUT2D eigenvalue weighted by Crippen LogP contribution is -2.31. The van der Waals surface area contributed by atoms with Gasteiger partial charge in [-0.1, -0.05) is 23.7 Å². The third-order valence-corrected chi connectivity index (χ3v) is 7.02. The lowest BCUT2D eigenvalue weighted by atomic mass is 10.0. The number of carbonyl (C=O) groups is 2. The second-order valence-corrected chi connectivity index (χ2v) is 9.61. The number of carbonyl (C=O) groups excluding carboxylic acids is 2. The Balaban J connectivity index is 1.59. The van der Waals surface area contributed by atoms with E-state index in [2.05, 4.69) is 5.32 Å². The van der Waals surface area contributed by atoms with Crippen LogP contribution in [0.1, 0.15) is 25.6 Å². The van der Waals surface area contributed by atoms with Crippen molar-refractivity contribution in [2.75, 3.05) is 45.7 Å². The number of fused-ring (bicyclic) bond motifs is 3. The van der Waals surface area contributed by atoms with Gasteiger partial charge in [0.1, 0.15) is 5.75 Å². The maximum absolute atomic E-state index is 13.2. The first-order chi connectivity index (χ1) is 15.8. The van der Waals surface area contributed by atoms with Gasteiger partial charge in [-0.3, -0.25) is 9.59 Å². The van der Waals surface area contributed by atoms with Crippen LogP contribution in [-0.4, -0.2) is 57.6 Å². The van der Waals surface area contributed by atoms with Crippen molar-refractivity contribution < 1.29 is 14.3 Å². The van der Waals surface area contributed by atoms with Gasteiger partial charge < -0.3 is 19.9 Å². The van der Waals surface area contributed by atoms with Gasteiger partial charge in [0.2, 0.25) is 0 Å². The lowest BCUT2D eigenvalue weighted by molar-refractivity contribution is 0.0949. The molecule has 0 saturated carbocycles. The molecule has 0 bridgehead atoms. The van der Waals surface area contributed by atoms with E-state index in [1.807, 2.05) is 49.3 Å². The van der Waals surface area contributed by atoms with Crippen LogP contribution >= 0.6 is 22.9 Å². The van der Waals surface area contributed by atoms with Gasteiger partial charge in [0, 0.05) is 42.6 Å². The van der Waals surface area contributed by atoms with Gasteiger partial charge in [-0.05, 0) is 56.1 Å². The molecule has 1 aromatic heterocycles. The summed E-state index contributed by atoms with van der Waals surface area (Å²) in [4.78, 5) is 31.0. The Morgan fingerprint density at radius 3 is 2.67 bits per heavy atom. The fourth-order valence-corrected chi connectivity index (χ4v) is 5.16. The quantitative estimate of drug-likeness (QED) is 0.558. The summed E-state index contributed by atoms with van der Waals surface area (Å²) in [7, 11) is 5.66. The third-order valence-electron chi connectivity index (χ3n) is 5.50. The van der Waals surface area contributed by atoms with E-state index >= 15 is 0 Å². The number of para-hydroxylation sites is 1. The monoisotopic (exact) mass is 483 g/mol. The summed E-state index contributed by atoms with van der Waals surface area (Å²) in [6.45, 7) is 1.82. The molecule has 0 radical (unpaired) electrons. The average molecular weight is 484 g/mol. The first kappa shape index (κ1) is 23.3. The molecule has 3 aromatic rings. The second kappa shape index (κ2) is 9.95. The van der Waals surface area contributed by atoms with Crippen LogP contribution in [0.15, 0.2) is 48.5 Å². The first-order valence-electron chi connectivity index (χ1n) is 10.7. The highest BCUT2D eigenvalue weighted by Crippen LogP contribution is 2.41. The van der Waals surface area contributed by atoms with Crippen LogP contribution in [0.3, 0.4) is 0 Å². The largest absolute Gasteiger partial charge is 0.493 e. The van der Waals surface area contributed by atoms with E-state index in [9.17, 15) is 9.59 Å². The summed E-state index contributed by atoms with van der Waals surface area (Å²) in [5.74, 6) is 0.422. The van der Waals surface area contributed by atoms with Crippen LogP contribution in [0.25, 0.3) is 10.4 Å². The smallest absolute Gasteiger partial charge is 0.268 e. The first-order valence-corrected chi connectivity index (χ1v) is 11.9. The maximum atomic E-state index is 13.2. The van der Waals surface area contributed by atoms with Crippen LogP contribution in [-0.2, 0) is 6.42 Å². The number of amides is 2. The van der Waals surface area contributed by atoms with Crippen LogP contribution in [0.2, 0.25) is 5.02 Å². The molecule has 0 unspecified atom stereocenters. The number of halogens is 1. The molecule has 33 heavy (non-hydrogen) atoms. The van der Waals surface area contributed by atoms with Gasteiger partial charge in [-0.2, -0.15) is 0 Å². The highest BCUT2D eigenvalue weighted by molar-refractivity contribution is 7.17. The molecule has 0 aliphatic carbocycles. The van der Waals surface area contributed by atoms with Crippen molar-refractivity contribution in [3.05, 3.63) is 69.6 Å². The van der Waals surface area contributed by atoms with E-state index < -0.39 is 0 Å². The molecule has 1 N–H and O–H groups in total. The Hall–Kier alpha value is -2.87. The molecule has 172 valence electrons. The summed E-state index contributed by atoms with van der Waals surface area (Å²) in [6.07, 6.45) is 0.688. The standard InChI is InChI=1S/C25H26ClN3O3S/c1-28(2)12-11-27-24(30)17-8-9-18-21(14-17)32-13-10-16-15-22(33-23(16)18)25(31)29(3)20-7-5-4-6-19(20)26/h4-9,14-15H,10-13H2,1-3H3,(H,27,30). The van der Waals surface area contributed by atoms with Gasteiger partial charge in [-0.15, -0.1) is 11.3 Å². The van der Waals surface area contributed by atoms with Gasteiger partial charge in [0.05, 0.1) is 22.2 Å².